The number of amides is 2. The first-order chi connectivity index (χ1) is 30.5. The smallest absolute Gasteiger partial charge is 0.247 e. The van der Waals surface area contributed by atoms with Crippen molar-refractivity contribution in [1.29, 1.82) is 0 Å². The third kappa shape index (κ3) is 11.9. The highest BCUT2D eigenvalue weighted by atomic mass is 16.7. The number of rotatable bonds is 22. The number of ether oxygens (including phenoxy) is 2. The monoisotopic (exact) mass is 843 g/mol. The summed E-state index contributed by atoms with van der Waals surface area (Å²) in [6.45, 7) is 4.91. The van der Waals surface area contributed by atoms with Crippen LogP contribution in [0.5, 0.6) is 0 Å². The number of nitrogens with zero attached hydrogens (tertiary/aromatic N) is 2. The third-order valence-electron chi connectivity index (χ3n) is 13.4. The van der Waals surface area contributed by atoms with E-state index in [1.807, 2.05) is 60.7 Å². The van der Waals surface area contributed by atoms with Crippen LogP contribution in [-0.2, 0) is 25.7 Å². The molecule has 2 amide bonds. The van der Waals surface area contributed by atoms with Gasteiger partial charge in [0, 0.05) is 48.9 Å². The lowest BCUT2D eigenvalue weighted by Gasteiger charge is -2.47. The van der Waals surface area contributed by atoms with Crippen LogP contribution < -0.4 is 15.5 Å². The summed E-state index contributed by atoms with van der Waals surface area (Å²) in [4.78, 5) is 31.4. The molecule has 3 aliphatic rings. The highest BCUT2D eigenvalue weighted by molar-refractivity contribution is 5.93. The maximum absolute atomic E-state index is 13.5. The number of piperidine rings is 1. The van der Waals surface area contributed by atoms with Gasteiger partial charge in [-0.3, -0.25) is 9.59 Å². The number of aliphatic hydroxyl groups is 1. The van der Waals surface area contributed by atoms with Gasteiger partial charge in [0.25, 0.3) is 0 Å². The van der Waals surface area contributed by atoms with Crippen molar-refractivity contribution >= 4 is 23.2 Å². The summed E-state index contributed by atoms with van der Waals surface area (Å²) in [5.74, 6) is -0.000384. The summed E-state index contributed by atoms with van der Waals surface area (Å²) in [6.07, 6.45) is 17.2. The Morgan fingerprint density at radius 2 is 1.34 bits per heavy atom. The second-order valence-electron chi connectivity index (χ2n) is 17.8. The number of aliphatic hydroxyl groups excluding tert-OH is 1. The van der Waals surface area contributed by atoms with Crippen LogP contribution in [0.25, 0.3) is 0 Å². The van der Waals surface area contributed by atoms with Crippen LogP contribution in [0.4, 0.5) is 11.4 Å². The molecule has 3 saturated heterocycles. The maximum Gasteiger partial charge on any atom is 0.247 e. The molecule has 4 aromatic carbocycles. The average molecular weight is 843 g/mol. The van der Waals surface area contributed by atoms with Gasteiger partial charge in [-0.1, -0.05) is 169 Å². The molecule has 1 spiro atoms. The quantitative estimate of drug-likeness (QED) is 0.0677. The largest absolute Gasteiger partial charge is 0.392 e. The van der Waals surface area contributed by atoms with Crippen LogP contribution in [0.3, 0.4) is 0 Å². The molecule has 4 atom stereocenters. The van der Waals surface area contributed by atoms with E-state index in [0.29, 0.717) is 32.5 Å². The zero-order valence-electron chi connectivity index (χ0n) is 37.0. The molecular weight excluding hydrogens is 773 g/mol. The third-order valence-corrected chi connectivity index (χ3v) is 13.4. The number of para-hydroxylation sites is 1. The lowest BCUT2D eigenvalue weighted by atomic mass is 9.82. The fraction of sp³-hybridized carbons (Fsp3) is 0.509. The van der Waals surface area contributed by atoms with Crippen molar-refractivity contribution in [3.05, 3.63) is 131 Å². The van der Waals surface area contributed by atoms with Gasteiger partial charge in [0.1, 0.15) is 5.54 Å². The topological polar surface area (TPSA) is 103 Å². The molecule has 0 radical (unpaired) electrons. The van der Waals surface area contributed by atoms with Crippen LogP contribution in [0, 0.1) is 0 Å². The van der Waals surface area contributed by atoms with Gasteiger partial charge >= 0.3 is 0 Å². The van der Waals surface area contributed by atoms with E-state index in [0.717, 1.165) is 59.6 Å². The van der Waals surface area contributed by atoms with Gasteiger partial charge in [-0.25, -0.2) is 0 Å². The van der Waals surface area contributed by atoms with Crippen molar-refractivity contribution in [2.24, 2.45) is 0 Å². The Morgan fingerprint density at radius 3 is 1.98 bits per heavy atom. The molecular formula is C53H70N4O5. The molecule has 9 nitrogen and oxygen atoms in total. The highest BCUT2D eigenvalue weighted by Gasteiger charge is 2.51. The number of unbranched alkanes of at least 4 members (excludes halogenated alkanes) is 12. The fourth-order valence-corrected chi connectivity index (χ4v) is 9.85. The first kappa shape index (κ1) is 45.5. The molecule has 62 heavy (non-hydrogen) atoms. The number of carbonyl (C=O) groups is 2. The molecule has 3 N–H and O–H groups in total. The van der Waals surface area contributed by atoms with Crippen LogP contribution >= 0.6 is 0 Å². The van der Waals surface area contributed by atoms with E-state index >= 15 is 0 Å². The fourth-order valence-electron chi connectivity index (χ4n) is 9.85. The van der Waals surface area contributed by atoms with Crippen molar-refractivity contribution in [3.8, 4) is 0 Å². The van der Waals surface area contributed by atoms with Crippen LogP contribution in [0.15, 0.2) is 109 Å². The van der Waals surface area contributed by atoms with Gasteiger partial charge in [0.2, 0.25) is 11.8 Å². The van der Waals surface area contributed by atoms with Gasteiger partial charge < -0.3 is 35.0 Å². The molecule has 0 aliphatic carbocycles. The predicted octanol–water partition coefficient (Wildman–Crippen LogP) is 11.0. The Balaban J connectivity index is 1.00. The number of nitrogens with one attached hydrogen (secondary N) is 2. The number of hydrogen-bond acceptors (Lipinski definition) is 7. The molecule has 3 fully saturated rings. The summed E-state index contributed by atoms with van der Waals surface area (Å²) in [6, 6.07) is 36.6. The van der Waals surface area contributed by atoms with Crippen LogP contribution in [-0.4, -0.2) is 59.8 Å². The van der Waals surface area contributed by atoms with Crippen LogP contribution in [0.1, 0.15) is 150 Å². The normalized spacial score (nSPS) is 21.3. The Morgan fingerprint density at radius 1 is 0.726 bits per heavy atom. The van der Waals surface area contributed by atoms with Gasteiger partial charge in [0.15, 0.2) is 6.29 Å². The van der Waals surface area contributed by atoms with E-state index in [9.17, 15) is 14.7 Å². The van der Waals surface area contributed by atoms with Gasteiger partial charge in [0.05, 0.1) is 25.5 Å². The van der Waals surface area contributed by atoms with Crippen LogP contribution in [0.2, 0.25) is 0 Å². The lowest BCUT2D eigenvalue weighted by Crippen LogP contribution is -2.57. The van der Waals surface area contributed by atoms with Gasteiger partial charge in [-0.15, -0.1) is 0 Å². The summed E-state index contributed by atoms with van der Waals surface area (Å²) in [5, 5.41) is 16.2. The first-order valence-corrected chi connectivity index (χ1v) is 23.8. The van der Waals surface area contributed by atoms with E-state index < -0.39 is 11.8 Å². The number of benzene rings is 4. The summed E-state index contributed by atoms with van der Waals surface area (Å²) < 4.78 is 14.1. The Kier molecular flexibility index (Phi) is 17.0. The molecule has 0 bridgehead atoms. The second kappa shape index (κ2) is 23.2. The number of likely N-dealkylation sites (tertiary alicyclic amines) is 1. The Labute approximate surface area is 370 Å². The van der Waals surface area contributed by atoms with Gasteiger partial charge in [-0.05, 0) is 60.2 Å². The maximum atomic E-state index is 13.5. The zero-order chi connectivity index (χ0) is 43.0. The SMILES string of the molecule is CCCCCCCCCCCCCCCC(=O)Nc1cccc(C2O[C@H](CN3CCC4(CC3)C(=O)NCN4c3ccccc3)[C@@H](c3ccccc3)[C@H](c3ccc(CO)cc3)O2)c1. The number of anilines is 2. The average Bonchev–Trinajstić information content (AvgIpc) is 3.63. The molecule has 0 saturated carbocycles. The molecule has 332 valence electrons. The minimum atomic E-state index is -0.689. The Hall–Kier alpha value is -4.54. The van der Waals surface area contributed by atoms with Crippen molar-refractivity contribution < 1.29 is 24.2 Å². The van der Waals surface area contributed by atoms with E-state index in [4.69, 9.17) is 9.47 Å². The molecule has 3 aliphatic heterocycles. The number of carbonyl (C=O) groups excluding carboxylic acids is 2. The molecule has 0 aromatic heterocycles. The summed E-state index contributed by atoms with van der Waals surface area (Å²) in [7, 11) is 0. The first-order valence-electron chi connectivity index (χ1n) is 23.8. The van der Waals surface area contributed by atoms with E-state index in [2.05, 4.69) is 75.9 Å². The van der Waals surface area contributed by atoms with Crippen molar-refractivity contribution in [3.63, 3.8) is 0 Å². The molecule has 3 heterocycles. The minimum absolute atomic E-state index is 0.0314. The summed E-state index contributed by atoms with van der Waals surface area (Å²) >= 11 is 0. The van der Waals surface area contributed by atoms with E-state index in [1.165, 1.54) is 70.6 Å². The summed E-state index contributed by atoms with van der Waals surface area (Å²) in [5.41, 5.74) is 5.04. The number of hydrogen-bond donors (Lipinski definition) is 3. The van der Waals surface area contributed by atoms with Crippen molar-refractivity contribution in [1.82, 2.24) is 10.2 Å². The van der Waals surface area contributed by atoms with E-state index in [-0.39, 0.29) is 36.5 Å². The van der Waals surface area contributed by atoms with Gasteiger partial charge in [-0.2, -0.15) is 0 Å². The molecule has 9 heteroatoms. The predicted molar refractivity (Wildman–Crippen MR) is 249 cm³/mol. The molecule has 7 rings (SSSR count). The Bertz CT molecular complexity index is 1950. The molecule has 4 aromatic rings. The lowest BCUT2D eigenvalue weighted by molar-refractivity contribution is -0.264. The van der Waals surface area contributed by atoms with Crippen molar-refractivity contribution in [2.75, 3.05) is 36.5 Å². The van der Waals surface area contributed by atoms with Crippen molar-refractivity contribution in [2.45, 2.75) is 146 Å². The molecule has 1 unspecified atom stereocenters. The standard InChI is InChI=1S/C53H70N4O5/c1-2-3-4-5-6-7-8-9-10-11-12-13-20-28-48(59)55-45-25-21-24-44(37-45)51-61-47(49(42-22-16-14-17-23-42)50(62-51)43-31-29-41(39-58)30-32-43)38-56-35-33-53(34-36-56)52(60)54-40-57(53)46-26-18-15-19-27-46/h14-19,21-27,29-32,37,47,49-51,58H,2-13,20,28,33-36,38-40H2,1H3,(H,54,60)(H,55,59)/t47-,49-,50+,51?/m1/s1. The van der Waals surface area contributed by atoms with E-state index in [1.54, 1.807) is 0 Å². The highest BCUT2D eigenvalue weighted by Crippen LogP contribution is 2.48. The zero-order valence-corrected chi connectivity index (χ0v) is 37.0. The second-order valence-corrected chi connectivity index (χ2v) is 17.8. The minimum Gasteiger partial charge on any atom is -0.392 e.